The molecule has 1 aliphatic rings. The van der Waals surface area contributed by atoms with Gasteiger partial charge in [-0.2, -0.15) is 0 Å². The second-order valence-corrected chi connectivity index (χ2v) is 6.36. The summed E-state index contributed by atoms with van der Waals surface area (Å²) in [6.45, 7) is 11.6. The van der Waals surface area contributed by atoms with E-state index in [0.717, 1.165) is 51.5 Å². The van der Waals surface area contributed by atoms with Crippen molar-refractivity contribution >= 4 is 0 Å². The van der Waals surface area contributed by atoms with Gasteiger partial charge in [-0.25, -0.2) is 4.98 Å². The molecule has 1 N–H and O–H groups in total. The van der Waals surface area contributed by atoms with Gasteiger partial charge in [0.2, 0.25) is 0 Å². The van der Waals surface area contributed by atoms with Gasteiger partial charge in [-0.1, -0.05) is 6.92 Å². The molecule has 0 aromatic carbocycles. The molecule has 2 rings (SSSR count). The summed E-state index contributed by atoms with van der Waals surface area (Å²) >= 11 is 0. The first-order valence-corrected chi connectivity index (χ1v) is 8.08. The summed E-state index contributed by atoms with van der Waals surface area (Å²) in [5, 5.41) is 3.68. The largest absolute Gasteiger partial charge is 0.379 e. The first-order chi connectivity index (χ1) is 10.1. The Hall–Kier alpha value is -0.910. The van der Waals surface area contributed by atoms with Gasteiger partial charge in [0.25, 0.3) is 0 Å². The van der Waals surface area contributed by atoms with Crippen LogP contribution < -0.4 is 5.32 Å². The van der Waals surface area contributed by atoms with Gasteiger partial charge in [-0.05, 0) is 26.8 Å². The quantitative estimate of drug-likeness (QED) is 0.826. The summed E-state index contributed by atoms with van der Waals surface area (Å²) in [6, 6.07) is 0.456. The van der Waals surface area contributed by atoms with Crippen molar-refractivity contribution in [3.8, 4) is 0 Å². The SMILES string of the molecule is CCNC(CCc1nccn1C)C(C)(C)N1CCOCC1. The first-order valence-electron chi connectivity index (χ1n) is 8.08. The summed E-state index contributed by atoms with van der Waals surface area (Å²) in [6.07, 6.45) is 6.01. The molecule has 21 heavy (non-hydrogen) atoms. The Kier molecular flexibility index (Phi) is 5.79. The maximum atomic E-state index is 5.49. The fourth-order valence-corrected chi connectivity index (χ4v) is 3.22. The highest BCUT2D eigenvalue weighted by Crippen LogP contribution is 2.23. The van der Waals surface area contributed by atoms with E-state index in [4.69, 9.17) is 4.74 Å². The number of aromatic nitrogens is 2. The van der Waals surface area contributed by atoms with E-state index in [-0.39, 0.29) is 5.54 Å². The molecule has 1 aromatic heterocycles. The van der Waals surface area contributed by atoms with Gasteiger partial charge in [-0.3, -0.25) is 4.90 Å². The van der Waals surface area contributed by atoms with Crippen LogP contribution in [0.4, 0.5) is 0 Å². The molecule has 5 heteroatoms. The van der Waals surface area contributed by atoms with Gasteiger partial charge in [0, 0.05) is 50.5 Å². The summed E-state index contributed by atoms with van der Waals surface area (Å²) in [7, 11) is 2.07. The Labute approximate surface area is 128 Å². The molecule has 0 spiro atoms. The van der Waals surface area contributed by atoms with Crippen molar-refractivity contribution in [2.45, 2.75) is 45.2 Å². The number of likely N-dealkylation sites (N-methyl/N-ethyl adjacent to an activating group) is 1. The topological polar surface area (TPSA) is 42.3 Å². The van der Waals surface area contributed by atoms with Crippen LogP contribution in [0.2, 0.25) is 0 Å². The number of imidazole rings is 1. The number of hydrogen-bond donors (Lipinski definition) is 1. The third-order valence-electron chi connectivity index (χ3n) is 4.71. The van der Waals surface area contributed by atoms with Crippen molar-refractivity contribution in [3.63, 3.8) is 0 Å². The maximum Gasteiger partial charge on any atom is 0.108 e. The summed E-state index contributed by atoms with van der Waals surface area (Å²) < 4.78 is 7.61. The fraction of sp³-hybridized carbons (Fsp3) is 0.812. The second kappa shape index (κ2) is 7.38. The Balaban J connectivity index is 2.00. The van der Waals surface area contributed by atoms with E-state index in [2.05, 4.69) is 47.6 Å². The van der Waals surface area contributed by atoms with Gasteiger partial charge in [-0.15, -0.1) is 0 Å². The molecule has 2 heterocycles. The number of nitrogens with zero attached hydrogens (tertiary/aromatic N) is 3. The molecule has 1 unspecified atom stereocenters. The molecule has 1 fully saturated rings. The van der Waals surface area contributed by atoms with Crippen molar-refractivity contribution in [2.24, 2.45) is 7.05 Å². The van der Waals surface area contributed by atoms with E-state index >= 15 is 0 Å². The third-order valence-corrected chi connectivity index (χ3v) is 4.71. The predicted molar refractivity (Wildman–Crippen MR) is 85.5 cm³/mol. The highest BCUT2D eigenvalue weighted by molar-refractivity contribution is 4.98. The van der Waals surface area contributed by atoms with Gasteiger partial charge in [0.1, 0.15) is 5.82 Å². The van der Waals surface area contributed by atoms with Crippen LogP contribution in [0.1, 0.15) is 33.0 Å². The minimum Gasteiger partial charge on any atom is -0.379 e. The standard InChI is InChI=1S/C16H30N4O/c1-5-17-14(6-7-15-18-8-9-19(15)4)16(2,3)20-10-12-21-13-11-20/h8-9,14,17H,5-7,10-13H2,1-4H3. The van der Waals surface area contributed by atoms with E-state index < -0.39 is 0 Å². The normalized spacial score (nSPS) is 18.9. The van der Waals surface area contributed by atoms with Crippen LogP contribution in [-0.4, -0.2) is 58.9 Å². The van der Waals surface area contributed by atoms with Crippen LogP contribution in [0.25, 0.3) is 0 Å². The Morgan fingerprint density at radius 1 is 1.38 bits per heavy atom. The number of ether oxygens (including phenoxy) is 1. The molecule has 1 atom stereocenters. The van der Waals surface area contributed by atoms with Crippen molar-refractivity contribution in [2.75, 3.05) is 32.8 Å². The molecule has 120 valence electrons. The lowest BCUT2D eigenvalue weighted by atomic mass is 9.88. The average molecular weight is 294 g/mol. The van der Waals surface area contributed by atoms with Crippen molar-refractivity contribution in [1.82, 2.24) is 19.8 Å². The van der Waals surface area contributed by atoms with Crippen LogP contribution in [0.5, 0.6) is 0 Å². The lowest BCUT2D eigenvalue weighted by molar-refractivity contribution is -0.0241. The second-order valence-electron chi connectivity index (χ2n) is 6.36. The van der Waals surface area contributed by atoms with E-state index in [1.54, 1.807) is 0 Å². The van der Waals surface area contributed by atoms with Crippen LogP contribution in [0.3, 0.4) is 0 Å². The minimum absolute atomic E-state index is 0.130. The first kappa shape index (κ1) is 16.5. The van der Waals surface area contributed by atoms with Gasteiger partial charge in [0.05, 0.1) is 13.2 Å². The lowest BCUT2D eigenvalue weighted by Gasteiger charge is -2.46. The fourth-order valence-electron chi connectivity index (χ4n) is 3.22. The van der Waals surface area contributed by atoms with Gasteiger partial charge >= 0.3 is 0 Å². The molecule has 0 bridgehead atoms. The predicted octanol–water partition coefficient (Wildman–Crippen LogP) is 1.44. The minimum atomic E-state index is 0.130. The third kappa shape index (κ3) is 4.05. The molecule has 0 radical (unpaired) electrons. The van der Waals surface area contributed by atoms with E-state index in [1.807, 2.05) is 12.4 Å². The molecule has 1 saturated heterocycles. The van der Waals surface area contributed by atoms with Gasteiger partial charge < -0.3 is 14.6 Å². The number of aryl methyl sites for hydroxylation is 2. The number of hydrogen-bond acceptors (Lipinski definition) is 4. The van der Waals surface area contributed by atoms with E-state index in [9.17, 15) is 0 Å². The molecule has 0 saturated carbocycles. The average Bonchev–Trinajstić information content (AvgIpc) is 2.89. The number of morpholine rings is 1. The molecule has 0 amide bonds. The highest BCUT2D eigenvalue weighted by Gasteiger charge is 2.35. The maximum absolute atomic E-state index is 5.49. The number of nitrogens with one attached hydrogen (secondary N) is 1. The van der Waals surface area contributed by atoms with E-state index in [0.29, 0.717) is 6.04 Å². The lowest BCUT2D eigenvalue weighted by Crippen LogP contribution is -2.60. The molecule has 0 aliphatic carbocycles. The molecule has 1 aliphatic heterocycles. The summed E-state index contributed by atoms with van der Waals surface area (Å²) in [4.78, 5) is 7.00. The van der Waals surface area contributed by atoms with E-state index in [1.165, 1.54) is 0 Å². The van der Waals surface area contributed by atoms with Crippen molar-refractivity contribution in [3.05, 3.63) is 18.2 Å². The smallest absolute Gasteiger partial charge is 0.108 e. The molecular formula is C16H30N4O. The van der Waals surface area contributed by atoms with Crippen LogP contribution in [-0.2, 0) is 18.2 Å². The molecule has 1 aromatic rings. The summed E-state index contributed by atoms with van der Waals surface area (Å²) in [5.41, 5.74) is 0.130. The Bertz CT molecular complexity index is 424. The van der Waals surface area contributed by atoms with Crippen molar-refractivity contribution in [1.29, 1.82) is 0 Å². The number of rotatable bonds is 7. The monoisotopic (exact) mass is 294 g/mol. The molecular weight excluding hydrogens is 264 g/mol. The highest BCUT2D eigenvalue weighted by atomic mass is 16.5. The van der Waals surface area contributed by atoms with Crippen LogP contribution in [0.15, 0.2) is 12.4 Å². The zero-order valence-electron chi connectivity index (χ0n) is 13.9. The zero-order chi connectivity index (χ0) is 15.3. The zero-order valence-corrected chi connectivity index (χ0v) is 13.9. The molecule has 5 nitrogen and oxygen atoms in total. The van der Waals surface area contributed by atoms with Crippen LogP contribution in [0, 0.1) is 0 Å². The summed E-state index contributed by atoms with van der Waals surface area (Å²) in [5.74, 6) is 1.16. The Morgan fingerprint density at radius 3 is 2.67 bits per heavy atom. The van der Waals surface area contributed by atoms with Gasteiger partial charge in [0.15, 0.2) is 0 Å². The van der Waals surface area contributed by atoms with Crippen molar-refractivity contribution < 1.29 is 4.74 Å². The Morgan fingerprint density at radius 2 is 2.10 bits per heavy atom. The van der Waals surface area contributed by atoms with Crippen LogP contribution >= 0.6 is 0 Å².